The predicted molar refractivity (Wildman–Crippen MR) is 129 cm³/mol. The molecule has 176 valence electrons. The molecule has 0 bridgehead atoms. The number of urea groups is 1. The Bertz CT molecular complexity index is 1380. The van der Waals surface area contributed by atoms with Crippen LogP contribution in [0.15, 0.2) is 72.3 Å². The molecule has 10 heteroatoms. The first-order valence-corrected chi connectivity index (χ1v) is 10.7. The molecule has 1 N–H and O–H groups in total. The molecule has 4 rings (SSSR count). The van der Waals surface area contributed by atoms with Crippen molar-refractivity contribution in [2.45, 2.75) is 13.5 Å². The van der Waals surface area contributed by atoms with E-state index in [9.17, 15) is 24.5 Å². The van der Waals surface area contributed by atoms with Crippen LogP contribution in [0.3, 0.4) is 0 Å². The topological polar surface area (TPSA) is 119 Å². The molecule has 3 aromatic carbocycles. The van der Waals surface area contributed by atoms with Gasteiger partial charge in [0.05, 0.1) is 10.6 Å². The number of benzene rings is 3. The average Bonchev–Trinajstić information content (AvgIpc) is 2.82. The van der Waals surface area contributed by atoms with Crippen molar-refractivity contribution < 1.29 is 24.0 Å². The van der Waals surface area contributed by atoms with Gasteiger partial charge in [-0.15, -0.1) is 0 Å². The fraction of sp³-hybridized carbons (Fsp3) is 0.0800. The average molecular weight is 492 g/mol. The zero-order valence-electron chi connectivity index (χ0n) is 18.4. The van der Waals surface area contributed by atoms with Crippen LogP contribution in [-0.4, -0.2) is 22.8 Å². The maximum Gasteiger partial charge on any atom is 0.335 e. The first-order chi connectivity index (χ1) is 16.7. The van der Waals surface area contributed by atoms with E-state index >= 15 is 0 Å². The molecule has 35 heavy (non-hydrogen) atoms. The minimum Gasteiger partial charge on any atom is -0.488 e. The zero-order chi connectivity index (χ0) is 25.1. The van der Waals surface area contributed by atoms with Crippen molar-refractivity contribution in [3.05, 3.63) is 104 Å². The van der Waals surface area contributed by atoms with E-state index in [4.69, 9.17) is 16.3 Å². The number of nitrogens with zero attached hydrogens (tertiary/aromatic N) is 2. The van der Waals surface area contributed by atoms with Crippen molar-refractivity contribution in [1.82, 2.24) is 5.32 Å². The number of amides is 4. The minimum atomic E-state index is -1.01. The summed E-state index contributed by atoms with van der Waals surface area (Å²) in [5.74, 6) is -1.49. The number of barbiturate groups is 1. The standard InChI is InChI=1S/C25H18ClN3O6/c1-15-5-7-16(8-6-15)14-35-22-10-9-18(26)11-17(22)12-21-23(30)27-25(32)28(24(21)31)19-3-2-4-20(13-19)29(33)34/h2-13H,14H2,1H3,(H,27,30,32)/b21-12+. The van der Waals surface area contributed by atoms with Gasteiger partial charge in [0.25, 0.3) is 17.5 Å². The monoisotopic (exact) mass is 491 g/mol. The summed E-state index contributed by atoms with van der Waals surface area (Å²) in [5.41, 5.74) is 1.64. The molecule has 0 unspecified atom stereocenters. The highest BCUT2D eigenvalue weighted by Crippen LogP contribution is 2.29. The normalized spacial score (nSPS) is 14.7. The largest absolute Gasteiger partial charge is 0.488 e. The third-order valence-corrected chi connectivity index (χ3v) is 5.42. The Kier molecular flexibility index (Phi) is 6.61. The van der Waals surface area contributed by atoms with Crippen molar-refractivity contribution in [3.63, 3.8) is 0 Å². The zero-order valence-corrected chi connectivity index (χ0v) is 19.1. The number of rotatable bonds is 6. The molecule has 0 spiro atoms. The number of ether oxygens (including phenoxy) is 1. The lowest BCUT2D eigenvalue weighted by atomic mass is 10.1. The fourth-order valence-electron chi connectivity index (χ4n) is 3.40. The molecule has 0 saturated carbocycles. The maximum absolute atomic E-state index is 13.2. The van der Waals surface area contributed by atoms with Gasteiger partial charge < -0.3 is 4.74 Å². The van der Waals surface area contributed by atoms with Crippen LogP contribution in [0.4, 0.5) is 16.2 Å². The van der Waals surface area contributed by atoms with E-state index in [2.05, 4.69) is 5.32 Å². The molecule has 1 aliphatic rings. The maximum atomic E-state index is 13.2. The molecule has 1 aliphatic heterocycles. The molecule has 0 aliphatic carbocycles. The smallest absolute Gasteiger partial charge is 0.335 e. The Hall–Kier alpha value is -4.50. The molecule has 0 atom stereocenters. The van der Waals surface area contributed by atoms with Crippen LogP contribution in [0, 0.1) is 17.0 Å². The number of hydrogen-bond acceptors (Lipinski definition) is 6. The third kappa shape index (κ3) is 5.20. The van der Waals surface area contributed by atoms with Gasteiger partial charge in [-0.3, -0.25) is 25.0 Å². The number of aryl methyl sites for hydroxylation is 1. The highest BCUT2D eigenvalue weighted by Gasteiger charge is 2.37. The first-order valence-electron chi connectivity index (χ1n) is 10.4. The summed E-state index contributed by atoms with van der Waals surface area (Å²) >= 11 is 6.14. The third-order valence-electron chi connectivity index (χ3n) is 5.19. The van der Waals surface area contributed by atoms with Crippen LogP contribution < -0.4 is 15.0 Å². The van der Waals surface area contributed by atoms with E-state index in [-0.39, 0.29) is 23.6 Å². The number of halogens is 1. The second-order valence-corrected chi connectivity index (χ2v) is 8.13. The molecule has 0 radical (unpaired) electrons. The lowest BCUT2D eigenvalue weighted by molar-refractivity contribution is -0.384. The Morgan fingerprint density at radius 3 is 2.51 bits per heavy atom. The van der Waals surface area contributed by atoms with E-state index in [0.29, 0.717) is 21.2 Å². The SMILES string of the molecule is Cc1ccc(COc2ccc(Cl)cc2/C=C2\C(=O)NC(=O)N(c3cccc([N+](=O)[O-])c3)C2=O)cc1. The molecule has 9 nitrogen and oxygen atoms in total. The van der Waals surface area contributed by atoms with Crippen LogP contribution in [-0.2, 0) is 16.2 Å². The van der Waals surface area contributed by atoms with Crippen molar-refractivity contribution in [3.8, 4) is 5.75 Å². The minimum absolute atomic E-state index is 0.0537. The van der Waals surface area contributed by atoms with Gasteiger partial charge in [0.1, 0.15) is 17.9 Å². The van der Waals surface area contributed by atoms with Gasteiger partial charge in [-0.25, -0.2) is 9.69 Å². The summed E-state index contributed by atoms with van der Waals surface area (Å²) in [6.45, 7) is 2.21. The molecule has 3 aromatic rings. The van der Waals surface area contributed by atoms with E-state index in [1.165, 1.54) is 30.3 Å². The van der Waals surface area contributed by atoms with Crippen LogP contribution in [0.2, 0.25) is 5.02 Å². The Morgan fingerprint density at radius 1 is 1.06 bits per heavy atom. The Balaban J connectivity index is 1.68. The summed E-state index contributed by atoms with van der Waals surface area (Å²) in [4.78, 5) is 49.3. The molecule has 1 fully saturated rings. The van der Waals surface area contributed by atoms with Gasteiger partial charge >= 0.3 is 6.03 Å². The Morgan fingerprint density at radius 2 is 1.80 bits per heavy atom. The van der Waals surface area contributed by atoms with Crippen molar-refractivity contribution in [2.75, 3.05) is 4.90 Å². The molecule has 0 aromatic heterocycles. The van der Waals surface area contributed by atoms with E-state index < -0.39 is 22.8 Å². The van der Waals surface area contributed by atoms with E-state index in [1.54, 1.807) is 12.1 Å². The summed E-state index contributed by atoms with van der Waals surface area (Å²) < 4.78 is 5.90. The number of nitro groups is 1. The summed E-state index contributed by atoms with van der Waals surface area (Å²) in [7, 11) is 0. The fourth-order valence-corrected chi connectivity index (χ4v) is 3.58. The van der Waals surface area contributed by atoms with Crippen LogP contribution in [0.5, 0.6) is 5.75 Å². The highest BCUT2D eigenvalue weighted by atomic mass is 35.5. The van der Waals surface area contributed by atoms with Gasteiger partial charge in [0, 0.05) is 22.7 Å². The van der Waals surface area contributed by atoms with Crippen molar-refractivity contribution >= 4 is 46.9 Å². The number of non-ortho nitro benzene ring substituents is 1. The molecular formula is C25H18ClN3O6. The predicted octanol–water partition coefficient (Wildman–Crippen LogP) is 4.80. The van der Waals surface area contributed by atoms with Gasteiger partial charge in [-0.1, -0.05) is 47.5 Å². The second kappa shape index (κ2) is 9.78. The number of nitro benzene ring substituents is 1. The summed E-state index contributed by atoms with van der Waals surface area (Å²) in [5, 5.41) is 13.5. The molecule has 1 saturated heterocycles. The first kappa shape index (κ1) is 23.7. The molecule has 1 heterocycles. The van der Waals surface area contributed by atoms with Gasteiger partial charge in [0.15, 0.2) is 0 Å². The van der Waals surface area contributed by atoms with Crippen LogP contribution in [0.1, 0.15) is 16.7 Å². The summed E-state index contributed by atoms with van der Waals surface area (Å²) in [6.07, 6.45) is 1.27. The quantitative estimate of drug-likeness (QED) is 0.229. The lowest BCUT2D eigenvalue weighted by Crippen LogP contribution is -2.54. The lowest BCUT2D eigenvalue weighted by Gasteiger charge is -2.26. The van der Waals surface area contributed by atoms with Crippen molar-refractivity contribution in [1.29, 1.82) is 0 Å². The highest BCUT2D eigenvalue weighted by molar-refractivity contribution is 6.39. The van der Waals surface area contributed by atoms with Crippen molar-refractivity contribution in [2.24, 2.45) is 0 Å². The number of hydrogen-bond donors (Lipinski definition) is 1. The van der Waals surface area contributed by atoms with Gasteiger partial charge in [-0.2, -0.15) is 0 Å². The van der Waals surface area contributed by atoms with Crippen LogP contribution >= 0.6 is 11.6 Å². The number of anilines is 1. The van der Waals surface area contributed by atoms with Crippen LogP contribution in [0.25, 0.3) is 6.08 Å². The number of carbonyl (C=O) groups is 3. The van der Waals surface area contributed by atoms with Gasteiger partial charge in [-0.05, 0) is 42.8 Å². The number of carbonyl (C=O) groups excluding carboxylic acids is 3. The molecule has 4 amide bonds. The molecular weight excluding hydrogens is 474 g/mol. The van der Waals surface area contributed by atoms with Gasteiger partial charge in [0.2, 0.25) is 0 Å². The summed E-state index contributed by atoms with van der Waals surface area (Å²) in [6, 6.07) is 16.5. The Labute approximate surface area is 204 Å². The van der Waals surface area contributed by atoms with E-state index in [1.807, 2.05) is 31.2 Å². The number of nitrogens with one attached hydrogen (secondary N) is 1. The second-order valence-electron chi connectivity index (χ2n) is 7.69. The number of imide groups is 2. The van der Waals surface area contributed by atoms with E-state index in [0.717, 1.165) is 17.2 Å².